The van der Waals surface area contributed by atoms with Crippen LogP contribution in [0.4, 0.5) is 5.69 Å². The number of carbonyl (C=O) groups is 1. The van der Waals surface area contributed by atoms with Gasteiger partial charge < -0.3 is 10.1 Å². The molecular formula is C20H23ClN2O4S. The summed E-state index contributed by atoms with van der Waals surface area (Å²) in [4.78, 5) is 12.4. The Morgan fingerprint density at radius 1 is 1.18 bits per heavy atom. The van der Waals surface area contributed by atoms with E-state index in [0.29, 0.717) is 28.8 Å². The van der Waals surface area contributed by atoms with Gasteiger partial charge in [0.1, 0.15) is 5.75 Å². The zero-order valence-corrected chi connectivity index (χ0v) is 17.1. The van der Waals surface area contributed by atoms with Crippen molar-refractivity contribution in [3.63, 3.8) is 0 Å². The molecule has 2 N–H and O–H groups in total. The molecule has 8 heteroatoms. The van der Waals surface area contributed by atoms with E-state index in [1.807, 2.05) is 0 Å². The fourth-order valence-electron chi connectivity index (χ4n) is 3.32. The SMILES string of the molecule is COc1ccc(Cl)cc1NS(=O)(=O)c1cccc(C(=O)NCC2CCCC2)c1. The van der Waals surface area contributed by atoms with Gasteiger partial charge in [-0.25, -0.2) is 8.42 Å². The van der Waals surface area contributed by atoms with Crippen LogP contribution in [0.25, 0.3) is 0 Å². The predicted octanol–water partition coefficient (Wildman–Crippen LogP) is 4.07. The first-order valence-electron chi connectivity index (χ1n) is 9.13. The molecule has 0 aliphatic heterocycles. The first-order valence-corrected chi connectivity index (χ1v) is 11.0. The third-order valence-corrected chi connectivity index (χ3v) is 6.44. The van der Waals surface area contributed by atoms with Crippen molar-refractivity contribution in [3.8, 4) is 5.75 Å². The predicted molar refractivity (Wildman–Crippen MR) is 110 cm³/mol. The minimum atomic E-state index is -3.92. The Hall–Kier alpha value is -2.25. The van der Waals surface area contributed by atoms with Crippen LogP contribution >= 0.6 is 11.6 Å². The van der Waals surface area contributed by atoms with Gasteiger partial charge in [-0.15, -0.1) is 0 Å². The first kappa shape index (κ1) is 20.5. The maximum absolute atomic E-state index is 12.8. The highest BCUT2D eigenvalue weighted by molar-refractivity contribution is 7.92. The van der Waals surface area contributed by atoms with Gasteiger partial charge in [-0.05, 0) is 55.2 Å². The van der Waals surface area contributed by atoms with Crippen LogP contribution in [-0.4, -0.2) is 28.0 Å². The van der Waals surface area contributed by atoms with E-state index < -0.39 is 10.0 Å². The van der Waals surface area contributed by atoms with E-state index in [-0.39, 0.29) is 16.5 Å². The fraction of sp³-hybridized carbons (Fsp3) is 0.350. The normalized spacial score (nSPS) is 14.6. The summed E-state index contributed by atoms with van der Waals surface area (Å²) in [7, 11) is -2.48. The van der Waals surface area contributed by atoms with Crippen molar-refractivity contribution in [3.05, 3.63) is 53.1 Å². The molecule has 0 bridgehead atoms. The van der Waals surface area contributed by atoms with Gasteiger partial charge in [-0.2, -0.15) is 0 Å². The van der Waals surface area contributed by atoms with Crippen molar-refractivity contribution >= 4 is 33.2 Å². The molecule has 1 fully saturated rings. The second-order valence-corrected chi connectivity index (χ2v) is 8.96. The van der Waals surface area contributed by atoms with Crippen LogP contribution in [-0.2, 0) is 10.0 Å². The van der Waals surface area contributed by atoms with Crippen molar-refractivity contribution in [2.75, 3.05) is 18.4 Å². The first-order chi connectivity index (χ1) is 13.4. The monoisotopic (exact) mass is 422 g/mol. The molecule has 0 atom stereocenters. The smallest absolute Gasteiger partial charge is 0.262 e. The third-order valence-electron chi connectivity index (χ3n) is 4.84. The van der Waals surface area contributed by atoms with Crippen molar-refractivity contribution < 1.29 is 17.9 Å². The van der Waals surface area contributed by atoms with Gasteiger partial charge in [0.25, 0.3) is 15.9 Å². The minimum absolute atomic E-state index is 0.0111. The van der Waals surface area contributed by atoms with E-state index >= 15 is 0 Å². The summed E-state index contributed by atoms with van der Waals surface area (Å²) in [5, 5.41) is 3.28. The molecule has 1 aliphatic carbocycles. The molecule has 3 rings (SSSR count). The molecule has 0 unspecified atom stereocenters. The summed E-state index contributed by atoms with van der Waals surface area (Å²) in [6.07, 6.45) is 4.65. The van der Waals surface area contributed by atoms with Crippen molar-refractivity contribution in [1.29, 1.82) is 0 Å². The molecule has 0 saturated heterocycles. The van der Waals surface area contributed by atoms with E-state index in [2.05, 4.69) is 10.0 Å². The van der Waals surface area contributed by atoms with Crippen LogP contribution in [0.1, 0.15) is 36.0 Å². The molecule has 1 saturated carbocycles. The van der Waals surface area contributed by atoms with Gasteiger partial charge in [-0.1, -0.05) is 30.5 Å². The number of nitrogens with one attached hydrogen (secondary N) is 2. The number of halogens is 1. The van der Waals surface area contributed by atoms with E-state index in [1.54, 1.807) is 24.3 Å². The lowest BCUT2D eigenvalue weighted by molar-refractivity contribution is 0.0947. The van der Waals surface area contributed by atoms with Crippen LogP contribution in [0, 0.1) is 5.92 Å². The molecule has 1 amide bonds. The van der Waals surface area contributed by atoms with Crippen LogP contribution in [0.15, 0.2) is 47.4 Å². The van der Waals surface area contributed by atoms with Gasteiger partial charge in [0, 0.05) is 17.1 Å². The van der Waals surface area contributed by atoms with Gasteiger partial charge in [-0.3, -0.25) is 9.52 Å². The quantitative estimate of drug-likeness (QED) is 0.704. The highest BCUT2D eigenvalue weighted by atomic mass is 35.5. The minimum Gasteiger partial charge on any atom is -0.495 e. The molecule has 2 aromatic carbocycles. The topological polar surface area (TPSA) is 84.5 Å². The Balaban J connectivity index is 1.76. The van der Waals surface area contributed by atoms with Crippen LogP contribution in [0.3, 0.4) is 0 Å². The Morgan fingerprint density at radius 3 is 2.64 bits per heavy atom. The number of ether oxygens (including phenoxy) is 1. The summed E-state index contributed by atoms with van der Waals surface area (Å²) < 4.78 is 33.2. The summed E-state index contributed by atoms with van der Waals surface area (Å²) in [6, 6.07) is 10.6. The highest BCUT2D eigenvalue weighted by Crippen LogP contribution is 2.30. The average Bonchev–Trinajstić information content (AvgIpc) is 3.20. The summed E-state index contributed by atoms with van der Waals surface area (Å²) in [5.41, 5.74) is 0.532. The van der Waals surface area contributed by atoms with Gasteiger partial charge in [0.15, 0.2) is 0 Å². The lowest BCUT2D eigenvalue weighted by Crippen LogP contribution is -2.28. The maximum Gasteiger partial charge on any atom is 0.262 e. The van der Waals surface area contributed by atoms with Crippen molar-refractivity contribution in [1.82, 2.24) is 5.32 Å². The second-order valence-electron chi connectivity index (χ2n) is 6.84. The Morgan fingerprint density at radius 2 is 1.93 bits per heavy atom. The molecule has 0 heterocycles. The number of sulfonamides is 1. The maximum atomic E-state index is 12.8. The summed E-state index contributed by atoms with van der Waals surface area (Å²) in [6.45, 7) is 0.619. The Bertz CT molecular complexity index is 956. The van der Waals surface area contributed by atoms with Gasteiger partial charge in [0.2, 0.25) is 0 Å². The lowest BCUT2D eigenvalue weighted by atomic mass is 10.1. The van der Waals surface area contributed by atoms with Crippen LogP contribution < -0.4 is 14.8 Å². The largest absolute Gasteiger partial charge is 0.495 e. The van der Waals surface area contributed by atoms with Crippen molar-refractivity contribution in [2.45, 2.75) is 30.6 Å². The Labute approximate surface area is 170 Å². The van der Waals surface area contributed by atoms with Gasteiger partial charge >= 0.3 is 0 Å². The number of hydrogen-bond acceptors (Lipinski definition) is 4. The van der Waals surface area contributed by atoms with Crippen LogP contribution in [0.5, 0.6) is 5.75 Å². The number of rotatable bonds is 7. The Kier molecular flexibility index (Phi) is 6.46. The molecule has 150 valence electrons. The molecule has 6 nitrogen and oxygen atoms in total. The number of methoxy groups -OCH3 is 1. The number of hydrogen-bond donors (Lipinski definition) is 2. The molecule has 28 heavy (non-hydrogen) atoms. The van der Waals surface area contributed by atoms with E-state index in [4.69, 9.17) is 16.3 Å². The molecule has 2 aromatic rings. The standard InChI is InChI=1S/C20H23ClN2O4S/c1-27-19-10-9-16(21)12-18(19)23-28(25,26)17-8-4-7-15(11-17)20(24)22-13-14-5-2-3-6-14/h4,7-12,14,23H,2-3,5-6,13H2,1H3,(H,22,24). The number of anilines is 1. The highest BCUT2D eigenvalue weighted by Gasteiger charge is 2.20. The second kappa shape index (κ2) is 8.84. The zero-order chi connectivity index (χ0) is 20.1. The lowest BCUT2D eigenvalue weighted by Gasteiger charge is -2.13. The van der Waals surface area contributed by atoms with Gasteiger partial charge in [0.05, 0.1) is 17.7 Å². The fourth-order valence-corrected chi connectivity index (χ4v) is 4.60. The number of amides is 1. The molecule has 1 aliphatic rings. The van der Waals surface area contributed by atoms with E-state index in [9.17, 15) is 13.2 Å². The average molecular weight is 423 g/mol. The molecule has 0 radical (unpaired) electrons. The third kappa shape index (κ3) is 4.97. The van der Waals surface area contributed by atoms with E-state index in [1.165, 1.54) is 38.2 Å². The summed E-state index contributed by atoms with van der Waals surface area (Å²) >= 11 is 5.96. The zero-order valence-electron chi connectivity index (χ0n) is 15.6. The van der Waals surface area contributed by atoms with E-state index in [0.717, 1.165) is 12.8 Å². The molecule has 0 aromatic heterocycles. The number of benzene rings is 2. The number of carbonyl (C=O) groups excluding carboxylic acids is 1. The van der Waals surface area contributed by atoms with Crippen molar-refractivity contribution in [2.24, 2.45) is 5.92 Å². The molecule has 0 spiro atoms. The molecular weight excluding hydrogens is 400 g/mol. The summed E-state index contributed by atoms with van der Waals surface area (Å²) in [5.74, 6) is 0.579. The van der Waals surface area contributed by atoms with Crippen LogP contribution in [0.2, 0.25) is 5.02 Å².